The lowest BCUT2D eigenvalue weighted by molar-refractivity contribution is 0.624. The molecule has 164 valence electrons. The normalized spacial score (nSPS) is 11.5. The third-order valence-corrected chi connectivity index (χ3v) is 4.99. The molecule has 0 radical (unpaired) electrons. The van der Waals surface area contributed by atoms with E-state index in [9.17, 15) is 0 Å². The first-order chi connectivity index (χ1) is 14.3. The summed E-state index contributed by atoms with van der Waals surface area (Å²) in [5.74, 6) is 1.91. The molecule has 0 aliphatic rings. The van der Waals surface area contributed by atoms with Gasteiger partial charge in [0.05, 0.1) is 0 Å². The minimum atomic E-state index is 0. The molecule has 3 aromatic rings. The molecule has 0 atom stereocenters. The van der Waals surface area contributed by atoms with E-state index in [2.05, 4.69) is 80.3 Å². The number of aromatic nitrogens is 4. The molecule has 8 heteroatoms. The van der Waals surface area contributed by atoms with E-state index in [-0.39, 0.29) is 24.0 Å². The molecule has 0 saturated heterocycles. The highest BCUT2D eigenvalue weighted by Gasteiger charge is 2.03. The topological polar surface area (TPSA) is 72.1 Å². The summed E-state index contributed by atoms with van der Waals surface area (Å²) in [6.45, 7) is 8.63. The standard InChI is InChI=1S/C22H33N7.HI/c1-3-5-12-23-22(25-14-17-29-18-26-27-21(29)4-2)24-13-8-15-28-16-11-19-9-6-7-10-20(19)28;/h6-7,9-11,16,18H,3-5,8,12-15,17H2,1-2H3,(H2,23,24,25);1H. The maximum Gasteiger partial charge on any atom is 0.191 e. The molecule has 0 saturated carbocycles. The summed E-state index contributed by atoms with van der Waals surface area (Å²) in [4.78, 5) is 4.78. The fourth-order valence-electron chi connectivity index (χ4n) is 3.36. The minimum absolute atomic E-state index is 0. The van der Waals surface area contributed by atoms with Crippen LogP contribution in [-0.4, -0.2) is 44.9 Å². The molecule has 0 aliphatic carbocycles. The summed E-state index contributed by atoms with van der Waals surface area (Å²) in [6.07, 6.45) is 8.16. The van der Waals surface area contributed by atoms with E-state index in [0.717, 1.165) is 63.8 Å². The predicted molar refractivity (Wildman–Crippen MR) is 135 cm³/mol. The molecule has 2 N–H and O–H groups in total. The molecule has 0 unspecified atom stereocenters. The van der Waals surface area contributed by atoms with Crippen molar-refractivity contribution < 1.29 is 0 Å². The van der Waals surface area contributed by atoms with E-state index in [4.69, 9.17) is 4.99 Å². The van der Waals surface area contributed by atoms with Gasteiger partial charge in [-0.05, 0) is 30.4 Å². The molecule has 2 aromatic heterocycles. The second-order valence-corrected chi connectivity index (χ2v) is 7.15. The number of halogens is 1. The van der Waals surface area contributed by atoms with Crippen molar-refractivity contribution in [3.63, 3.8) is 0 Å². The molecule has 0 fully saturated rings. The Hall–Kier alpha value is -2.10. The van der Waals surface area contributed by atoms with E-state index in [1.165, 1.54) is 17.3 Å². The number of fused-ring (bicyclic) bond motifs is 1. The minimum Gasteiger partial charge on any atom is -0.356 e. The largest absolute Gasteiger partial charge is 0.356 e. The average molecular weight is 523 g/mol. The summed E-state index contributed by atoms with van der Waals surface area (Å²) in [5.41, 5.74) is 1.29. The fraction of sp³-hybridized carbons (Fsp3) is 0.500. The van der Waals surface area contributed by atoms with Crippen LogP contribution < -0.4 is 10.6 Å². The van der Waals surface area contributed by atoms with Crippen molar-refractivity contribution in [2.45, 2.75) is 52.6 Å². The van der Waals surface area contributed by atoms with E-state index >= 15 is 0 Å². The SMILES string of the molecule is CCCCNC(=NCCCn1ccc2ccccc21)NCCn1cnnc1CC.I. The van der Waals surface area contributed by atoms with Crippen molar-refractivity contribution in [1.29, 1.82) is 0 Å². The van der Waals surface area contributed by atoms with Crippen molar-refractivity contribution >= 4 is 40.8 Å². The van der Waals surface area contributed by atoms with E-state index in [1.54, 1.807) is 6.33 Å². The lowest BCUT2D eigenvalue weighted by Gasteiger charge is -2.13. The second-order valence-electron chi connectivity index (χ2n) is 7.15. The number of guanidine groups is 1. The van der Waals surface area contributed by atoms with Gasteiger partial charge < -0.3 is 19.8 Å². The zero-order valence-corrected chi connectivity index (χ0v) is 20.4. The van der Waals surface area contributed by atoms with Gasteiger partial charge in [-0.15, -0.1) is 34.2 Å². The Morgan fingerprint density at radius 2 is 1.83 bits per heavy atom. The van der Waals surface area contributed by atoms with Gasteiger partial charge in [-0.3, -0.25) is 4.99 Å². The lowest BCUT2D eigenvalue weighted by atomic mass is 10.2. The lowest BCUT2D eigenvalue weighted by Crippen LogP contribution is -2.39. The van der Waals surface area contributed by atoms with Crippen molar-refractivity contribution in [3.05, 3.63) is 48.7 Å². The number of nitrogens with zero attached hydrogens (tertiary/aromatic N) is 5. The van der Waals surface area contributed by atoms with Crippen molar-refractivity contribution in [2.24, 2.45) is 4.99 Å². The molecule has 1 aromatic carbocycles. The third kappa shape index (κ3) is 7.00. The van der Waals surface area contributed by atoms with E-state index in [0.29, 0.717) is 0 Å². The van der Waals surface area contributed by atoms with Crippen molar-refractivity contribution in [3.8, 4) is 0 Å². The van der Waals surface area contributed by atoms with Crippen LogP contribution >= 0.6 is 24.0 Å². The van der Waals surface area contributed by atoms with Gasteiger partial charge in [0.25, 0.3) is 0 Å². The fourth-order valence-corrected chi connectivity index (χ4v) is 3.36. The molecule has 0 amide bonds. The molecular formula is C22H34IN7. The second kappa shape index (κ2) is 13.3. The van der Waals surface area contributed by atoms with Crippen LogP contribution in [0.4, 0.5) is 0 Å². The zero-order valence-electron chi connectivity index (χ0n) is 18.0. The zero-order chi connectivity index (χ0) is 20.3. The first kappa shape index (κ1) is 24.2. The van der Waals surface area contributed by atoms with Crippen LogP contribution in [-0.2, 0) is 19.5 Å². The van der Waals surface area contributed by atoms with Crippen LogP contribution in [0.2, 0.25) is 0 Å². The van der Waals surface area contributed by atoms with Gasteiger partial charge in [-0.1, -0.05) is 38.5 Å². The summed E-state index contributed by atoms with van der Waals surface area (Å²) in [5, 5.41) is 16.3. The molecular weight excluding hydrogens is 489 g/mol. The van der Waals surface area contributed by atoms with Gasteiger partial charge in [-0.25, -0.2) is 0 Å². The summed E-state index contributed by atoms with van der Waals surface area (Å²) in [7, 11) is 0. The summed E-state index contributed by atoms with van der Waals surface area (Å²) in [6, 6.07) is 10.7. The number of nitrogens with one attached hydrogen (secondary N) is 2. The van der Waals surface area contributed by atoms with Gasteiger partial charge in [0.15, 0.2) is 5.96 Å². The Kier molecular flexibility index (Phi) is 10.7. The summed E-state index contributed by atoms with van der Waals surface area (Å²) < 4.78 is 4.40. The van der Waals surface area contributed by atoms with Crippen LogP contribution in [0.15, 0.2) is 47.8 Å². The molecule has 0 aliphatic heterocycles. The maximum absolute atomic E-state index is 4.78. The van der Waals surface area contributed by atoms with E-state index in [1.807, 2.05) is 0 Å². The number of hydrogen-bond donors (Lipinski definition) is 2. The monoisotopic (exact) mass is 523 g/mol. The van der Waals surface area contributed by atoms with Crippen molar-refractivity contribution in [2.75, 3.05) is 19.6 Å². The molecule has 7 nitrogen and oxygen atoms in total. The number of para-hydroxylation sites is 1. The number of rotatable bonds is 11. The van der Waals surface area contributed by atoms with Crippen LogP contribution in [0.1, 0.15) is 38.9 Å². The maximum atomic E-state index is 4.78. The number of aliphatic imine (C=N–C) groups is 1. The van der Waals surface area contributed by atoms with Crippen LogP contribution in [0.3, 0.4) is 0 Å². The Bertz CT molecular complexity index is 900. The van der Waals surface area contributed by atoms with Crippen LogP contribution in [0.5, 0.6) is 0 Å². The highest BCUT2D eigenvalue weighted by Crippen LogP contribution is 2.15. The number of aryl methyl sites for hydroxylation is 2. The molecule has 30 heavy (non-hydrogen) atoms. The van der Waals surface area contributed by atoms with Gasteiger partial charge in [-0.2, -0.15) is 0 Å². The van der Waals surface area contributed by atoms with Gasteiger partial charge in [0, 0.05) is 50.9 Å². The Morgan fingerprint density at radius 3 is 2.67 bits per heavy atom. The molecule has 0 bridgehead atoms. The smallest absolute Gasteiger partial charge is 0.191 e. The number of benzene rings is 1. The Labute approximate surface area is 196 Å². The van der Waals surface area contributed by atoms with Gasteiger partial charge in [0.1, 0.15) is 12.2 Å². The first-order valence-electron chi connectivity index (χ1n) is 10.7. The first-order valence-corrected chi connectivity index (χ1v) is 10.7. The van der Waals surface area contributed by atoms with Gasteiger partial charge >= 0.3 is 0 Å². The molecule has 3 rings (SSSR count). The van der Waals surface area contributed by atoms with Crippen LogP contribution in [0, 0.1) is 0 Å². The number of hydrogen-bond acceptors (Lipinski definition) is 3. The summed E-state index contributed by atoms with van der Waals surface area (Å²) >= 11 is 0. The molecule has 2 heterocycles. The average Bonchev–Trinajstić information content (AvgIpc) is 3.37. The predicted octanol–water partition coefficient (Wildman–Crippen LogP) is 3.84. The molecule has 0 spiro atoms. The van der Waals surface area contributed by atoms with Crippen LogP contribution in [0.25, 0.3) is 10.9 Å². The van der Waals surface area contributed by atoms with E-state index < -0.39 is 0 Å². The Balaban J connectivity index is 0.00000320. The quantitative estimate of drug-likeness (QED) is 0.174. The van der Waals surface area contributed by atoms with Gasteiger partial charge in [0.2, 0.25) is 0 Å². The third-order valence-electron chi connectivity index (χ3n) is 4.99. The Morgan fingerprint density at radius 1 is 1.00 bits per heavy atom. The highest BCUT2D eigenvalue weighted by atomic mass is 127. The highest BCUT2D eigenvalue weighted by molar-refractivity contribution is 14.0. The number of unbranched alkanes of at least 4 members (excludes halogenated alkanes) is 1. The van der Waals surface area contributed by atoms with Crippen molar-refractivity contribution in [1.82, 2.24) is 30.0 Å².